The van der Waals surface area contributed by atoms with E-state index in [0.717, 1.165) is 11.4 Å². The Balaban J connectivity index is 2.56. The van der Waals surface area contributed by atoms with Crippen molar-refractivity contribution in [3.63, 3.8) is 0 Å². The van der Waals surface area contributed by atoms with E-state index in [2.05, 4.69) is 10.2 Å². The number of methoxy groups -OCH3 is 1. The molecule has 0 atom stereocenters. The molecule has 0 aliphatic rings. The smallest absolute Gasteiger partial charge is 0.333 e. The first-order chi connectivity index (χ1) is 7.56. The van der Waals surface area contributed by atoms with Crippen LogP contribution in [0.1, 0.15) is 18.3 Å². The Morgan fingerprint density at radius 1 is 1.44 bits per heavy atom. The van der Waals surface area contributed by atoms with Crippen molar-refractivity contribution in [2.75, 3.05) is 19.1 Å². The third kappa shape index (κ3) is 2.89. The van der Waals surface area contributed by atoms with E-state index in [1.807, 2.05) is 36.7 Å². The summed E-state index contributed by atoms with van der Waals surface area (Å²) in [5.41, 5.74) is 6.09. The Morgan fingerprint density at radius 3 is 2.50 bits per heavy atom. The molecule has 0 fully saturated rings. The maximum absolute atomic E-state index is 11.1. The van der Waals surface area contributed by atoms with Crippen molar-refractivity contribution in [1.82, 2.24) is 4.68 Å². The summed E-state index contributed by atoms with van der Waals surface area (Å²) in [6.45, 7) is 6.38. The molecule has 88 valence electrons. The SMILES string of the molecule is COC(=O)/C(C)=C/CNn1c(C)ccc1C. The number of hydrogen-bond acceptors (Lipinski definition) is 3. The third-order valence-electron chi connectivity index (χ3n) is 2.44. The van der Waals surface area contributed by atoms with E-state index in [4.69, 9.17) is 0 Å². The molecule has 0 aromatic carbocycles. The lowest BCUT2D eigenvalue weighted by atomic mass is 10.3. The Hall–Kier alpha value is -1.71. The molecule has 4 nitrogen and oxygen atoms in total. The summed E-state index contributed by atoms with van der Waals surface area (Å²) in [6, 6.07) is 4.08. The van der Waals surface area contributed by atoms with Crippen LogP contribution in [0.25, 0.3) is 0 Å². The van der Waals surface area contributed by atoms with Crippen LogP contribution in [0.2, 0.25) is 0 Å². The van der Waals surface area contributed by atoms with Crippen molar-refractivity contribution >= 4 is 5.97 Å². The van der Waals surface area contributed by atoms with Gasteiger partial charge in [0.2, 0.25) is 0 Å². The van der Waals surface area contributed by atoms with Crippen LogP contribution in [-0.2, 0) is 9.53 Å². The van der Waals surface area contributed by atoms with Gasteiger partial charge < -0.3 is 10.2 Å². The van der Waals surface area contributed by atoms with Crippen LogP contribution in [0.15, 0.2) is 23.8 Å². The fourth-order valence-corrected chi connectivity index (χ4v) is 1.45. The Morgan fingerprint density at radius 2 is 2.00 bits per heavy atom. The first-order valence-electron chi connectivity index (χ1n) is 5.20. The summed E-state index contributed by atoms with van der Waals surface area (Å²) in [5.74, 6) is -0.289. The fraction of sp³-hybridized carbons (Fsp3) is 0.417. The highest BCUT2D eigenvalue weighted by Crippen LogP contribution is 2.04. The van der Waals surface area contributed by atoms with Gasteiger partial charge in [0.05, 0.1) is 13.7 Å². The molecule has 1 aromatic heterocycles. The summed E-state index contributed by atoms with van der Waals surface area (Å²) in [4.78, 5) is 11.1. The highest BCUT2D eigenvalue weighted by atomic mass is 16.5. The van der Waals surface area contributed by atoms with E-state index < -0.39 is 0 Å². The molecule has 0 radical (unpaired) electrons. The van der Waals surface area contributed by atoms with Crippen LogP contribution in [0.3, 0.4) is 0 Å². The molecule has 0 saturated heterocycles. The lowest BCUT2D eigenvalue weighted by Gasteiger charge is -2.10. The van der Waals surface area contributed by atoms with E-state index in [-0.39, 0.29) is 5.97 Å². The van der Waals surface area contributed by atoms with Crippen LogP contribution in [0.4, 0.5) is 0 Å². The van der Waals surface area contributed by atoms with E-state index in [9.17, 15) is 4.79 Å². The van der Waals surface area contributed by atoms with Gasteiger partial charge in [-0.05, 0) is 32.9 Å². The lowest BCUT2D eigenvalue weighted by Crippen LogP contribution is -2.18. The first-order valence-corrected chi connectivity index (χ1v) is 5.20. The molecule has 0 aliphatic heterocycles. The number of carbonyl (C=O) groups excluding carboxylic acids is 1. The number of rotatable bonds is 4. The number of nitrogens with one attached hydrogen (secondary N) is 1. The average molecular weight is 222 g/mol. The van der Waals surface area contributed by atoms with Gasteiger partial charge >= 0.3 is 5.97 Å². The lowest BCUT2D eigenvalue weighted by molar-refractivity contribution is -0.136. The minimum atomic E-state index is -0.289. The molecule has 1 aromatic rings. The molecule has 1 heterocycles. The maximum atomic E-state index is 11.1. The summed E-state index contributed by atoms with van der Waals surface area (Å²) in [5, 5.41) is 0. The van der Waals surface area contributed by atoms with Gasteiger partial charge in [-0.2, -0.15) is 0 Å². The number of aryl methyl sites for hydroxylation is 2. The molecule has 0 unspecified atom stereocenters. The Kier molecular flexibility index (Phi) is 4.17. The molecule has 1 N–H and O–H groups in total. The Labute approximate surface area is 95.9 Å². The van der Waals surface area contributed by atoms with Crippen molar-refractivity contribution in [2.45, 2.75) is 20.8 Å². The summed E-state index contributed by atoms with van der Waals surface area (Å²) in [7, 11) is 1.38. The van der Waals surface area contributed by atoms with Gasteiger partial charge in [0, 0.05) is 17.0 Å². The number of nitrogens with zero attached hydrogens (tertiary/aromatic N) is 1. The van der Waals surface area contributed by atoms with Crippen molar-refractivity contribution in [2.24, 2.45) is 0 Å². The number of hydrogen-bond donors (Lipinski definition) is 1. The van der Waals surface area contributed by atoms with E-state index in [0.29, 0.717) is 12.1 Å². The molecule has 0 amide bonds. The second-order valence-corrected chi connectivity index (χ2v) is 3.69. The van der Waals surface area contributed by atoms with Gasteiger partial charge in [-0.3, -0.25) is 4.68 Å². The van der Waals surface area contributed by atoms with Crippen LogP contribution in [0.5, 0.6) is 0 Å². The van der Waals surface area contributed by atoms with Crippen molar-refractivity contribution < 1.29 is 9.53 Å². The molecule has 0 spiro atoms. The zero-order valence-electron chi connectivity index (χ0n) is 10.2. The maximum Gasteiger partial charge on any atom is 0.333 e. The van der Waals surface area contributed by atoms with Crippen LogP contribution in [0, 0.1) is 13.8 Å². The van der Waals surface area contributed by atoms with Crippen molar-refractivity contribution in [3.8, 4) is 0 Å². The topological polar surface area (TPSA) is 43.3 Å². The second kappa shape index (κ2) is 5.39. The summed E-state index contributed by atoms with van der Waals surface area (Å²) >= 11 is 0. The Bertz CT molecular complexity index is 386. The first kappa shape index (κ1) is 12.4. The van der Waals surface area contributed by atoms with Gasteiger partial charge in [0.15, 0.2) is 0 Å². The molecule has 4 heteroatoms. The van der Waals surface area contributed by atoms with Gasteiger partial charge in [0.1, 0.15) is 0 Å². The fourth-order valence-electron chi connectivity index (χ4n) is 1.45. The highest BCUT2D eigenvalue weighted by Gasteiger charge is 2.02. The van der Waals surface area contributed by atoms with Crippen LogP contribution < -0.4 is 5.43 Å². The quantitative estimate of drug-likeness (QED) is 0.623. The number of aromatic nitrogens is 1. The normalized spacial score (nSPS) is 11.4. The highest BCUT2D eigenvalue weighted by molar-refractivity contribution is 5.87. The predicted octanol–water partition coefficient (Wildman–Crippen LogP) is 1.77. The van der Waals surface area contributed by atoms with Gasteiger partial charge in [-0.25, -0.2) is 4.79 Å². The number of ether oxygens (including phenoxy) is 1. The molecule has 16 heavy (non-hydrogen) atoms. The second-order valence-electron chi connectivity index (χ2n) is 3.69. The van der Waals surface area contributed by atoms with Gasteiger partial charge in [-0.15, -0.1) is 0 Å². The standard InChI is InChI=1S/C12H18N2O2/c1-9(12(15)16-4)7-8-13-14-10(2)5-6-11(14)3/h5-7,13H,8H2,1-4H3/b9-7+. The largest absolute Gasteiger partial charge is 0.466 e. The molecule has 1 rings (SSSR count). The summed E-state index contributed by atoms with van der Waals surface area (Å²) < 4.78 is 6.59. The molecule has 0 saturated carbocycles. The summed E-state index contributed by atoms with van der Waals surface area (Å²) in [6.07, 6.45) is 1.81. The minimum absolute atomic E-state index is 0.289. The zero-order valence-corrected chi connectivity index (χ0v) is 10.2. The number of carbonyl (C=O) groups is 1. The molecule has 0 aliphatic carbocycles. The monoisotopic (exact) mass is 222 g/mol. The van der Waals surface area contributed by atoms with E-state index >= 15 is 0 Å². The number of esters is 1. The van der Waals surface area contributed by atoms with E-state index in [1.54, 1.807) is 6.92 Å². The van der Waals surface area contributed by atoms with Gasteiger partial charge in [0.25, 0.3) is 0 Å². The van der Waals surface area contributed by atoms with Crippen LogP contribution >= 0.6 is 0 Å². The molecule has 0 bridgehead atoms. The average Bonchev–Trinajstić information content (AvgIpc) is 2.59. The van der Waals surface area contributed by atoms with Crippen molar-refractivity contribution in [1.29, 1.82) is 0 Å². The predicted molar refractivity (Wildman–Crippen MR) is 63.9 cm³/mol. The zero-order chi connectivity index (χ0) is 12.1. The molecular formula is C12H18N2O2. The van der Waals surface area contributed by atoms with Crippen LogP contribution in [-0.4, -0.2) is 24.3 Å². The molecular weight excluding hydrogens is 204 g/mol. The van der Waals surface area contributed by atoms with E-state index in [1.165, 1.54) is 7.11 Å². The third-order valence-corrected chi connectivity index (χ3v) is 2.44. The van der Waals surface area contributed by atoms with Crippen molar-refractivity contribution in [3.05, 3.63) is 35.2 Å². The minimum Gasteiger partial charge on any atom is -0.466 e. The van der Waals surface area contributed by atoms with Gasteiger partial charge in [-0.1, -0.05) is 6.08 Å².